The van der Waals surface area contributed by atoms with Crippen molar-refractivity contribution in [2.24, 2.45) is 5.92 Å². The zero-order chi connectivity index (χ0) is 13.4. The van der Waals surface area contributed by atoms with Crippen molar-refractivity contribution in [3.05, 3.63) is 12.4 Å². The molecule has 1 rings (SSSR count). The van der Waals surface area contributed by atoms with E-state index >= 15 is 0 Å². The van der Waals surface area contributed by atoms with Gasteiger partial charge in [-0.3, -0.25) is 0 Å². The standard InChI is InChI=1S/C13H21N5/c1-11(2)5-4-7-15-12-9-13(17-10-16-12)18(3)8-6-14/h9-11H,4-5,7-8H2,1-3H3,(H,15,16,17). The molecule has 1 heterocycles. The molecule has 1 aromatic heterocycles. The molecule has 5 heteroatoms. The largest absolute Gasteiger partial charge is 0.370 e. The van der Waals surface area contributed by atoms with Crippen LogP contribution in [0.2, 0.25) is 0 Å². The molecule has 0 amide bonds. The maximum absolute atomic E-state index is 8.64. The maximum atomic E-state index is 8.64. The summed E-state index contributed by atoms with van der Waals surface area (Å²) in [6.45, 7) is 5.68. The van der Waals surface area contributed by atoms with Crippen LogP contribution in [0.15, 0.2) is 12.4 Å². The maximum Gasteiger partial charge on any atom is 0.134 e. The van der Waals surface area contributed by atoms with Crippen LogP contribution in [0.1, 0.15) is 26.7 Å². The Kier molecular flexibility index (Phi) is 5.92. The fourth-order valence-corrected chi connectivity index (χ4v) is 1.57. The molecule has 0 aliphatic heterocycles. The van der Waals surface area contributed by atoms with Crippen LogP contribution in [-0.2, 0) is 0 Å². The monoisotopic (exact) mass is 247 g/mol. The molecule has 0 spiro atoms. The van der Waals surface area contributed by atoms with Gasteiger partial charge in [-0.25, -0.2) is 9.97 Å². The van der Waals surface area contributed by atoms with Crippen molar-refractivity contribution < 1.29 is 0 Å². The van der Waals surface area contributed by atoms with Gasteiger partial charge in [0.2, 0.25) is 0 Å². The van der Waals surface area contributed by atoms with Gasteiger partial charge in [-0.15, -0.1) is 0 Å². The zero-order valence-electron chi connectivity index (χ0n) is 11.3. The van der Waals surface area contributed by atoms with E-state index in [9.17, 15) is 0 Å². The van der Waals surface area contributed by atoms with Crippen LogP contribution >= 0.6 is 0 Å². The second-order valence-corrected chi connectivity index (χ2v) is 4.74. The molecular weight excluding hydrogens is 226 g/mol. The minimum Gasteiger partial charge on any atom is -0.370 e. The lowest BCUT2D eigenvalue weighted by Crippen LogP contribution is -2.18. The van der Waals surface area contributed by atoms with Gasteiger partial charge in [0.1, 0.15) is 24.5 Å². The zero-order valence-corrected chi connectivity index (χ0v) is 11.3. The number of nitrogens with zero attached hydrogens (tertiary/aromatic N) is 4. The summed E-state index contributed by atoms with van der Waals surface area (Å²) < 4.78 is 0. The van der Waals surface area contributed by atoms with Gasteiger partial charge in [-0.05, 0) is 18.8 Å². The molecule has 0 fully saturated rings. The molecule has 1 aromatic rings. The third kappa shape index (κ3) is 5.00. The summed E-state index contributed by atoms with van der Waals surface area (Å²) in [4.78, 5) is 10.1. The fourth-order valence-electron chi connectivity index (χ4n) is 1.57. The van der Waals surface area contributed by atoms with Crippen LogP contribution in [0, 0.1) is 17.2 Å². The highest BCUT2D eigenvalue weighted by atomic mass is 15.2. The molecule has 0 aromatic carbocycles. The Hall–Kier alpha value is -1.83. The number of aromatic nitrogens is 2. The van der Waals surface area contributed by atoms with E-state index in [1.807, 2.05) is 13.1 Å². The summed E-state index contributed by atoms with van der Waals surface area (Å²) in [5.74, 6) is 2.31. The van der Waals surface area contributed by atoms with Crippen molar-refractivity contribution in [1.82, 2.24) is 9.97 Å². The molecule has 0 aliphatic rings. The number of hydrogen-bond donors (Lipinski definition) is 1. The van der Waals surface area contributed by atoms with E-state index in [1.165, 1.54) is 12.7 Å². The first-order valence-electron chi connectivity index (χ1n) is 6.27. The van der Waals surface area contributed by atoms with E-state index < -0.39 is 0 Å². The van der Waals surface area contributed by atoms with Crippen molar-refractivity contribution in [2.75, 3.05) is 30.4 Å². The van der Waals surface area contributed by atoms with Crippen LogP contribution in [0.25, 0.3) is 0 Å². The van der Waals surface area contributed by atoms with E-state index in [2.05, 4.69) is 35.2 Å². The quantitative estimate of drug-likeness (QED) is 0.591. The molecule has 18 heavy (non-hydrogen) atoms. The fraction of sp³-hybridized carbons (Fsp3) is 0.615. The number of nitrogens with one attached hydrogen (secondary N) is 1. The van der Waals surface area contributed by atoms with Gasteiger partial charge in [0.15, 0.2) is 0 Å². The SMILES string of the molecule is CC(C)CCCNc1cc(N(C)CC#N)ncn1. The third-order valence-electron chi connectivity index (χ3n) is 2.62. The van der Waals surface area contributed by atoms with Crippen molar-refractivity contribution in [1.29, 1.82) is 5.26 Å². The van der Waals surface area contributed by atoms with Gasteiger partial charge in [0.05, 0.1) is 6.07 Å². The molecule has 0 unspecified atom stereocenters. The molecular formula is C13H21N5. The second kappa shape index (κ2) is 7.49. The summed E-state index contributed by atoms with van der Waals surface area (Å²) in [6.07, 6.45) is 3.86. The summed E-state index contributed by atoms with van der Waals surface area (Å²) in [5.41, 5.74) is 0. The minimum atomic E-state index is 0.323. The highest BCUT2D eigenvalue weighted by molar-refractivity contribution is 5.48. The molecule has 1 N–H and O–H groups in total. The Balaban J connectivity index is 2.47. The van der Waals surface area contributed by atoms with E-state index in [4.69, 9.17) is 5.26 Å². The van der Waals surface area contributed by atoms with E-state index in [0.29, 0.717) is 6.54 Å². The molecule has 0 aliphatic carbocycles. The van der Waals surface area contributed by atoms with Gasteiger partial charge in [0.25, 0.3) is 0 Å². The van der Waals surface area contributed by atoms with Crippen LogP contribution < -0.4 is 10.2 Å². The van der Waals surface area contributed by atoms with Gasteiger partial charge in [-0.1, -0.05) is 13.8 Å². The Morgan fingerprint density at radius 3 is 2.89 bits per heavy atom. The van der Waals surface area contributed by atoms with E-state index in [-0.39, 0.29) is 0 Å². The number of nitriles is 1. The van der Waals surface area contributed by atoms with Gasteiger partial charge in [0, 0.05) is 19.7 Å². The summed E-state index contributed by atoms with van der Waals surface area (Å²) >= 11 is 0. The number of anilines is 2. The first-order chi connectivity index (χ1) is 8.63. The lowest BCUT2D eigenvalue weighted by molar-refractivity contribution is 0.566. The average Bonchev–Trinajstić information content (AvgIpc) is 2.35. The first-order valence-corrected chi connectivity index (χ1v) is 6.27. The summed E-state index contributed by atoms with van der Waals surface area (Å²) in [5, 5.41) is 11.9. The lowest BCUT2D eigenvalue weighted by atomic mass is 10.1. The lowest BCUT2D eigenvalue weighted by Gasteiger charge is -2.14. The van der Waals surface area contributed by atoms with Crippen molar-refractivity contribution >= 4 is 11.6 Å². The smallest absolute Gasteiger partial charge is 0.134 e. The predicted octanol–water partition coefficient (Wildman–Crippen LogP) is 2.28. The van der Waals surface area contributed by atoms with Crippen LogP contribution in [0.5, 0.6) is 0 Å². The molecule has 98 valence electrons. The minimum absolute atomic E-state index is 0.323. The molecule has 0 saturated heterocycles. The third-order valence-corrected chi connectivity index (χ3v) is 2.62. The molecule has 0 radical (unpaired) electrons. The van der Waals surface area contributed by atoms with E-state index in [1.54, 1.807) is 4.90 Å². The van der Waals surface area contributed by atoms with E-state index in [0.717, 1.165) is 30.5 Å². The first kappa shape index (κ1) is 14.2. The van der Waals surface area contributed by atoms with Crippen molar-refractivity contribution in [3.8, 4) is 6.07 Å². The Morgan fingerprint density at radius 2 is 2.22 bits per heavy atom. The molecule has 0 bridgehead atoms. The van der Waals surface area contributed by atoms with Crippen molar-refractivity contribution in [2.45, 2.75) is 26.7 Å². The van der Waals surface area contributed by atoms with Crippen LogP contribution in [-0.4, -0.2) is 30.1 Å². The Morgan fingerprint density at radius 1 is 1.44 bits per heavy atom. The highest BCUT2D eigenvalue weighted by Crippen LogP contribution is 2.12. The normalized spacial score (nSPS) is 10.2. The average molecular weight is 247 g/mol. The van der Waals surface area contributed by atoms with Crippen molar-refractivity contribution in [3.63, 3.8) is 0 Å². The Bertz CT molecular complexity index is 397. The van der Waals surface area contributed by atoms with Gasteiger partial charge < -0.3 is 10.2 Å². The molecule has 0 atom stereocenters. The van der Waals surface area contributed by atoms with Gasteiger partial charge in [-0.2, -0.15) is 5.26 Å². The molecule has 0 saturated carbocycles. The number of hydrogen-bond acceptors (Lipinski definition) is 5. The van der Waals surface area contributed by atoms with Crippen LogP contribution in [0.4, 0.5) is 11.6 Å². The summed E-state index contributed by atoms with van der Waals surface area (Å²) in [6, 6.07) is 3.96. The predicted molar refractivity (Wildman–Crippen MR) is 73.5 cm³/mol. The Labute approximate surface area is 109 Å². The highest BCUT2D eigenvalue weighted by Gasteiger charge is 2.03. The van der Waals surface area contributed by atoms with Crippen LogP contribution in [0.3, 0.4) is 0 Å². The van der Waals surface area contributed by atoms with Gasteiger partial charge >= 0.3 is 0 Å². The summed E-state index contributed by atoms with van der Waals surface area (Å²) in [7, 11) is 1.84. The molecule has 5 nitrogen and oxygen atoms in total. The second-order valence-electron chi connectivity index (χ2n) is 4.74. The number of rotatable bonds is 7. The topological polar surface area (TPSA) is 64.8 Å².